The van der Waals surface area contributed by atoms with Crippen LogP contribution in [0.3, 0.4) is 0 Å². The maximum Gasteiger partial charge on any atom is 0.324 e. The number of nitrogens with two attached hydrogens (primary N) is 1. The molecule has 5 heteroatoms. The molecule has 1 unspecified atom stereocenters. The zero-order valence-corrected chi connectivity index (χ0v) is 10.00. The Labute approximate surface area is 102 Å². The summed E-state index contributed by atoms with van der Waals surface area (Å²) in [4.78, 5) is 11.3. The molecular formula is C11H17ClN2O2. The lowest BCUT2D eigenvalue weighted by Crippen LogP contribution is -2.40. The molecule has 0 saturated heterocycles. The average Bonchev–Trinajstić information content (AvgIpc) is 2.27. The molecule has 1 aromatic carbocycles. The van der Waals surface area contributed by atoms with E-state index in [4.69, 9.17) is 10.5 Å². The Morgan fingerprint density at radius 1 is 1.44 bits per heavy atom. The summed E-state index contributed by atoms with van der Waals surface area (Å²) in [7, 11) is 1.74. The van der Waals surface area contributed by atoms with Gasteiger partial charge in [0.15, 0.2) is 0 Å². The first-order valence-electron chi connectivity index (χ1n) is 4.84. The van der Waals surface area contributed by atoms with Gasteiger partial charge in [-0.05, 0) is 12.6 Å². The van der Waals surface area contributed by atoms with Gasteiger partial charge in [0.25, 0.3) is 0 Å². The summed E-state index contributed by atoms with van der Waals surface area (Å²) >= 11 is 0. The Morgan fingerprint density at radius 3 is 2.62 bits per heavy atom. The number of halogens is 1. The quantitative estimate of drug-likeness (QED) is 0.749. The van der Waals surface area contributed by atoms with E-state index in [2.05, 4.69) is 5.32 Å². The van der Waals surface area contributed by atoms with Crippen molar-refractivity contribution in [1.82, 2.24) is 5.32 Å². The SMILES string of the molecule is CNCC(N)C(=O)OCc1ccccc1.Cl. The fourth-order valence-electron chi connectivity index (χ4n) is 1.14. The van der Waals surface area contributed by atoms with Crippen LogP contribution in [-0.2, 0) is 16.1 Å². The first kappa shape index (κ1) is 14.9. The Hall–Kier alpha value is -1.10. The van der Waals surface area contributed by atoms with Gasteiger partial charge in [-0.1, -0.05) is 30.3 Å². The summed E-state index contributed by atoms with van der Waals surface area (Å²) in [5.41, 5.74) is 6.52. The van der Waals surface area contributed by atoms with Gasteiger partial charge in [0.2, 0.25) is 0 Å². The molecule has 3 N–H and O–H groups in total. The van der Waals surface area contributed by atoms with Crippen molar-refractivity contribution >= 4 is 18.4 Å². The van der Waals surface area contributed by atoms with Crippen molar-refractivity contribution in [3.8, 4) is 0 Å². The molecule has 0 aromatic heterocycles. The van der Waals surface area contributed by atoms with Gasteiger partial charge in [0, 0.05) is 6.54 Å². The summed E-state index contributed by atoms with van der Waals surface area (Å²) in [6, 6.07) is 8.91. The van der Waals surface area contributed by atoms with E-state index < -0.39 is 6.04 Å². The summed E-state index contributed by atoms with van der Waals surface area (Å²) in [5.74, 6) is -0.381. The molecule has 0 aliphatic heterocycles. The monoisotopic (exact) mass is 244 g/mol. The van der Waals surface area contributed by atoms with Crippen molar-refractivity contribution in [1.29, 1.82) is 0 Å². The molecule has 0 heterocycles. The second-order valence-electron chi connectivity index (χ2n) is 3.26. The van der Waals surface area contributed by atoms with Crippen LogP contribution in [0, 0.1) is 0 Å². The van der Waals surface area contributed by atoms with Crippen molar-refractivity contribution in [2.45, 2.75) is 12.6 Å². The first-order valence-corrected chi connectivity index (χ1v) is 4.84. The molecule has 1 aromatic rings. The molecule has 0 aliphatic rings. The number of likely N-dealkylation sites (N-methyl/N-ethyl adjacent to an activating group) is 1. The number of hydrogen-bond acceptors (Lipinski definition) is 4. The third-order valence-corrected chi connectivity index (χ3v) is 1.95. The minimum absolute atomic E-state index is 0. The van der Waals surface area contributed by atoms with Crippen LogP contribution >= 0.6 is 12.4 Å². The van der Waals surface area contributed by atoms with Crippen molar-refractivity contribution in [3.05, 3.63) is 35.9 Å². The third kappa shape index (κ3) is 5.11. The van der Waals surface area contributed by atoms with Gasteiger partial charge in [-0.15, -0.1) is 12.4 Å². The summed E-state index contributed by atoms with van der Waals surface area (Å²) in [6.07, 6.45) is 0. The number of ether oxygens (including phenoxy) is 1. The second kappa shape index (κ2) is 8.10. The van der Waals surface area contributed by atoms with Gasteiger partial charge < -0.3 is 15.8 Å². The Morgan fingerprint density at radius 2 is 2.06 bits per heavy atom. The maximum absolute atomic E-state index is 11.3. The topological polar surface area (TPSA) is 64.3 Å². The van der Waals surface area contributed by atoms with Gasteiger partial charge in [-0.2, -0.15) is 0 Å². The third-order valence-electron chi connectivity index (χ3n) is 1.95. The summed E-state index contributed by atoms with van der Waals surface area (Å²) in [5, 5.41) is 2.82. The normalized spacial score (nSPS) is 11.4. The molecule has 0 amide bonds. The minimum atomic E-state index is -0.598. The standard InChI is InChI=1S/C11H16N2O2.ClH/c1-13-7-10(12)11(14)15-8-9-5-3-2-4-6-9;/h2-6,10,13H,7-8,12H2,1H3;1H. The summed E-state index contributed by atoms with van der Waals surface area (Å²) in [6.45, 7) is 0.699. The van der Waals surface area contributed by atoms with E-state index in [9.17, 15) is 4.79 Å². The van der Waals surface area contributed by atoms with E-state index in [1.165, 1.54) is 0 Å². The van der Waals surface area contributed by atoms with Gasteiger partial charge in [0.1, 0.15) is 12.6 Å². The molecule has 0 spiro atoms. The highest BCUT2D eigenvalue weighted by Gasteiger charge is 2.13. The highest BCUT2D eigenvalue weighted by atomic mass is 35.5. The van der Waals surface area contributed by atoms with E-state index in [-0.39, 0.29) is 25.0 Å². The molecule has 16 heavy (non-hydrogen) atoms. The van der Waals surface area contributed by atoms with Crippen LogP contribution in [0.4, 0.5) is 0 Å². The molecule has 4 nitrogen and oxygen atoms in total. The number of benzene rings is 1. The molecular weight excluding hydrogens is 228 g/mol. The van der Waals surface area contributed by atoms with E-state index >= 15 is 0 Å². The van der Waals surface area contributed by atoms with Crippen LogP contribution < -0.4 is 11.1 Å². The number of esters is 1. The maximum atomic E-state index is 11.3. The van der Waals surface area contributed by atoms with Crippen molar-refractivity contribution in [3.63, 3.8) is 0 Å². The van der Waals surface area contributed by atoms with E-state index in [0.717, 1.165) is 5.56 Å². The van der Waals surface area contributed by atoms with Crippen molar-refractivity contribution in [2.24, 2.45) is 5.73 Å². The van der Waals surface area contributed by atoms with Gasteiger partial charge in [-0.25, -0.2) is 0 Å². The lowest BCUT2D eigenvalue weighted by Gasteiger charge is -2.10. The molecule has 0 bridgehead atoms. The Kier molecular flexibility index (Phi) is 7.54. The van der Waals surface area contributed by atoms with Crippen LogP contribution in [0.25, 0.3) is 0 Å². The predicted octanol–water partition coefficient (Wildman–Crippen LogP) is 0.698. The number of hydrogen-bond donors (Lipinski definition) is 2. The van der Waals surface area contributed by atoms with Crippen molar-refractivity contribution in [2.75, 3.05) is 13.6 Å². The zero-order valence-electron chi connectivity index (χ0n) is 9.18. The lowest BCUT2D eigenvalue weighted by molar-refractivity contribution is -0.146. The number of rotatable bonds is 5. The number of nitrogens with one attached hydrogen (secondary N) is 1. The van der Waals surface area contributed by atoms with E-state index in [1.807, 2.05) is 30.3 Å². The fraction of sp³-hybridized carbons (Fsp3) is 0.364. The minimum Gasteiger partial charge on any atom is -0.460 e. The van der Waals surface area contributed by atoms with E-state index in [0.29, 0.717) is 6.54 Å². The average molecular weight is 245 g/mol. The first-order chi connectivity index (χ1) is 7.24. The van der Waals surface area contributed by atoms with Crippen LogP contribution in [0.1, 0.15) is 5.56 Å². The molecule has 0 radical (unpaired) electrons. The molecule has 0 saturated carbocycles. The van der Waals surface area contributed by atoms with Gasteiger partial charge >= 0.3 is 5.97 Å². The molecule has 90 valence electrons. The Bertz CT molecular complexity index is 306. The van der Waals surface area contributed by atoms with Gasteiger partial charge in [0.05, 0.1) is 0 Å². The zero-order chi connectivity index (χ0) is 11.1. The number of carbonyl (C=O) groups excluding carboxylic acids is 1. The molecule has 1 atom stereocenters. The lowest BCUT2D eigenvalue weighted by atomic mass is 10.2. The smallest absolute Gasteiger partial charge is 0.324 e. The largest absolute Gasteiger partial charge is 0.460 e. The van der Waals surface area contributed by atoms with Crippen LogP contribution in [0.2, 0.25) is 0 Å². The van der Waals surface area contributed by atoms with E-state index in [1.54, 1.807) is 7.05 Å². The summed E-state index contributed by atoms with van der Waals surface area (Å²) < 4.78 is 5.04. The highest BCUT2D eigenvalue weighted by Crippen LogP contribution is 2.01. The highest BCUT2D eigenvalue weighted by molar-refractivity contribution is 5.85. The fourth-order valence-corrected chi connectivity index (χ4v) is 1.14. The number of carbonyl (C=O) groups is 1. The van der Waals surface area contributed by atoms with Crippen molar-refractivity contribution < 1.29 is 9.53 Å². The second-order valence-corrected chi connectivity index (χ2v) is 3.26. The van der Waals surface area contributed by atoms with Gasteiger partial charge in [-0.3, -0.25) is 4.79 Å². The van der Waals surface area contributed by atoms with Crippen LogP contribution in [0.5, 0.6) is 0 Å². The predicted molar refractivity (Wildman–Crippen MR) is 65.4 cm³/mol. The van der Waals surface area contributed by atoms with Crippen LogP contribution in [-0.4, -0.2) is 25.6 Å². The molecule has 1 rings (SSSR count). The molecule has 0 fully saturated rings. The van der Waals surface area contributed by atoms with Crippen LogP contribution in [0.15, 0.2) is 30.3 Å². The molecule has 0 aliphatic carbocycles. The Balaban J connectivity index is 0.00000225.